The molecule has 1 heterocycles. The second-order valence-electron chi connectivity index (χ2n) is 2.02. The van der Waals surface area contributed by atoms with E-state index in [1.165, 1.54) is 5.57 Å². The van der Waals surface area contributed by atoms with Crippen LogP contribution in [0.15, 0.2) is 11.6 Å². The van der Waals surface area contributed by atoms with E-state index in [0.717, 1.165) is 13.1 Å². The standard InChI is InChI=1S/C6H9NO.ClH/c1-5(8)2-6-3-7-4-6;/h2,7H,3-4H2,1H3;1H. The van der Waals surface area contributed by atoms with Gasteiger partial charge in [0.05, 0.1) is 0 Å². The highest BCUT2D eigenvalue weighted by Gasteiger charge is 2.06. The van der Waals surface area contributed by atoms with Crippen LogP contribution in [0.5, 0.6) is 0 Å². The van der Waals surface area contributed by atoms with E-state index in [-0.39, 0.29) is 18.2 Å². The summed E-state index contributed by atoms with van der Waals surface area (Å²) in [6.07, 6.45) is 1.69. The van der Waals surface area contributed by atoms with Crippen LogP contribution in [0.4, 0.5) is 0 Å². The van der Waals surface area contributed by atoms with Crippen molar-refractivity contribution in [1.29, 1.82) is 0 Å². The summed E-state index contributed by atoms with van der Waals surface area (Å²) in [4.78, 5) is 10.3. The SMILES string of the molecule is CC(=O)C=C1CNC1.Cl. The Bertz CT molecular complexity index is 136. The van der Waals surface area contributed by atoms with Crippen LogP contribution in [0.1, 0.15) is 6.92 Å². The van der Waals surface area contributed by atoms with Gasteiger partial charge in [0, 0.05) is 13.1 Å². The molecular formula is C6H10ClNO. The summed E-state index contributed by atoms with van der Waals surface area (Å²) >= 11 is 0. The summed E-state index contributed by atoms with van der Waals surface area (Å²) in [5.74, 6) is 0.154. The zero-order chi connectivity index (χ0) is 5.98. The van der Waals surface area contributed by atoms with E-state index in [4.69, 9.17) is 0 Å². The molecule has 0 bridgehead atoms. The summed E-state index contributed by atoms with van der Waals surface area (Å²) in [6, 6.07) is 0. The van der Waals surface area contributed by atoms with Crippen LogP contribution in [-0.4, -0.2) is 18.9 Å². The van der Waals surface area contributed by atoms with Gasteiger partial charge in [0.1, 0.15) is 0 Å². The van der Waals surface area contributed by atoms with Gasteiger partial charge in [0.2, 0.25) is 0 Å². The van der Waals surface area contributed by atoms with Gasteiger partial charge in [0.25, 0.3) is 0 Å². The van der Waals surface area contributed by atoms with Gasteiger partial charge in [-0.2, -0.15) is 0 Å². The van der Waals surface area contributed by atoms with Gasteiger partial charge in [-0.15, -0.1) is 12.4 Å². The number of hydrogen-bond acceptors (Lipinski definition) is 2. The highest BCUT2D eigenvalue weighted by Crippen LogP contribution is 1.98. The molecule has 3 heteroatoms. The number of nitrogens with one attached hydrogen (secondary N) is 1. The maximum Gasteiger partial charge on any atom is 0.152 e. The van der Waals surface area contributed by atoms with Crippen LogP contribution in [0.3, 0.4) is 0 Å². The third-order valence-electron chi connectivity index (χ3n) is 1.11. The Morgan fingerprint density at radius 2 is 2.22 bits per heavy atom. The van der Waals surface area contributed by atoms with Crippen molar-refractivity contribution >= 4 is 18.2 Å². The van der Waals surface area contributed by atoms with Crippen LogP contribution in [0.25, 0.3) is 0 Å². The molecule has 1 saturated heterocycles. The summed E-state index contributed by atoms with van der Waals surface area (Å²) in [7, 11) is 0. The van der Waals surface area contributed by atoms with Crippen LogP contribution in [0, 0.1) is 0 Å². The first-order valence-electron chi connectivity index (χ1n) is 2.70. The smallest absolute Gasteiger partial charge is 0.152 e. The minimum Gasteiger partial charge on any atom is -0.309 e. The van der Waals surface area contributed by atoms with Gasteiger partial charge in [0.15, 0.2) is 5.78 Å². The third-order valence-corrected chi connectivity index (χ3v) is 1.11. The van der Waals surface area contributed by atoms with E-state index in [0.29, 0.717) is 0 Å². The van der Waals surface area contributed by atoms with Crippen molar-refractivity contribution in [1.82, 2.24) is 5.32 Å². The molecule has 0 atom stereocenters. The van der Waals surface area contributed by atoms with E-state index in [1.54, 1.807) is 13.0 Å². The molecule has 0 aromatic rings. The van der Waals surface area contributed by atoms with Gasteiger partial charge in [-0.25, -0.2) is 0 Å². The lowest BCUT2D eigenvalue weighted by molar-refractivity contribution is -0.112. The topological polar surface area (TPSA) is 29.1 Å². The Balaban J connectivity index is 0.000000640. The number of allylic oxidation sites excluding steroid dienone is 1. The zero-order valence-electron chi connectivity index (χ0n) is 5.31. The maximum absolute atomic E-state index is 10.3. The molecule has 2 nitrogen and oxygen atoms in total. The minimum atomic E-state index is 0. The fourth-order valence-corrected chi connectivity index (χ4v) is 0.659. The predicted molar refractivity (Wildman–Crippen MR) is 38.9 cm³/mol. The Morgan fingerprint density at radius 1 is 1.67 bits per heavy atom. The first-order chi connectivity index (χ1) is 3.79. The number of carbonyl (C=O) groups excluding carboxylic acids is 1. The Kier molecular flexibility index (Phi) is 3.50. The lowest BCUT2D eigenvalue weighted by Crippen LogP contribution is -2.34. The number of rotatable bonds is 1. The minimum absolute atomic E-state index is 0. The number of ketones is 1. The Morgan fingerprint density at radius 3 is 2.33 bits per heavy atom. The van der Waals surface area contributed by atoms with E-state index in [9.17, 15) is 4.79 Å². The van der Waals surface area contributed by atoms with Crippen molar-refractivity contribution in [2.75, 3.05) is 13.1 Å². The molecule has 0 aromatic carbocycles. The predicted octanol–water partition coefficient (Wildman–Crippen LogP) is 0.527. The normalized spacial score (nSPS) is 15.4. The number of hydrogen-bond donors (Lipinski definition) is 1. The Hall–Kier alpha value is -0.340. The lowest BCUT2D eigenvalue weighted by Gasteiger charge is -2.17. The molecule has 0 radical (unpaired) electrons. The summed E-state index contributed by atoms with van der Waals surface area (Å²) in [5, 5.41) is 3.05. The van der Waals surface area contributed by atoms with Crippen LogP contribution in [-0.2, 0) is 4.79 Å². The molecule has 1 fully saturated rings. The number of halogens is 1. The van der Waals surface area contributed by atoms with Crippen molar-refractivity contribution in [3.63, 3.8) is 0 Å². The first kappa shape index (κ1) is 8.66. The van der Waals surface area contributed by atoms with E-state index in [2.05, 4.69) is 5.32 Å². The molecule has 9 heavy (non-hydrogen) atoms. The van der Waals surface area contributed by atoms with Crippen molar-refractivity contribution < 1.29 is 4.79 Å². The Labute approximate surface area is 60.7 Å². The molecule has 0 aliphatic carbocycles. The second-order valence-corrected chi connectivity index (χ2v) is 2.02. The summed E-state index contributed by atoms with van der Waals surface area (Å²) in [6.45, 7) is 3.38. The fourth-order valence-electron chi connectivity index (χ4n) is 0.659. The molecular weight excluding hydrogens is 138 g/mol. The zero-order valence-corrected chi connectivity index (χ0v) is 6.12. The fraction of sp³-hybridized carbons (Fsp3) is 0.500. The van der Waals surface area contributed by atoms with E-state index < -0.39 is 0 Å². The molecule has 0 saturated carbocycles. The van der Waals surface area contributed by atoms with Crippen molar-refractivity contribution in [3.8, 4) is 0 Å². The molecule has 1 N–H and O–H groups in total. The van der Waals surface area contributed by atoms with E-state index in [1.807, 2.05) is 0 Å². The molecule has 1 aliphatic heterocycles. The van der Waals surface area contributed by atoms with Gasteiger partial charge in [-0.1, -0.05) is 0 Å². The highest BCUT2D eigenvalue weighted by molar-refractivity contribution is 5.88. The lowest BCUT2D eigenvalue weighted by atomic mass is 10.1. The molecule has 1 aliphatic rings. The largest absolute Gasteiger partial charge is 0.309 e. The molecule has 1 rings (SSSR count). The average Bonchev–Trinajstić information content (AvgIpc) is 1.55. The first-order valence-corrected chi connectivity index (χ1v) is 2.70. The average molecular weight is 148 g/mol. The van der Waals surface area contributed by atoms with Crippen LogP contribution < -0.4 is 5.32 Å². The van der Waals surface area contributed by atoms with Gasteiger partial charge >= 0.3 is 0 Å². The van der Waals surface area contributed by atoms with Crippen molar-refractivity contribution in [2.45, 2.75) is 6.92 Å². The van der Waals surface area contributed by atoms with Crippen LogP contribution >= 0.6 is 12.4 Å². The monoisotopic (exact) mass is 147 g/mol. The summed E-state index contributed by atoms with van der Waals surface area (Å²) < 4.78 is 0. The van der Waals surface area contributed by atoms with Gasteiger partial charge in [-0.3, -0.25) is 4.79 Å². The number of carbonyl (C=O) groups is 1. The van der Waals surface area contributed by atoms with Crippen molar-refractivity contribution in [2.24, 2.45) is 0 Å². The van der Waals surface area contributed by atoms with Gasteiger partial charge < -0.3 is 5.32 Å². The van der Waals surface area contributed by atoms with Crippen molar-refractivity contribution in [3.05, 3.63) is 11.6 Å². The molecule has 0 amide bonds. The molecule has 0 unspecified atom stereocenters. The molecule has 52 valence electrons. The quantitative estimate of drug-likeness (QED) is 0.549. The van der Waals surface area contributed by atoms with Crippen LogP contribution in [0.2, 0.25) is 0 Å². The maximum atomic E-state index is 10.3. The third kappa shape index (κ3) is 2.63. The van der Waals surface area contributed by atoms with E-state index >= 15 is 0 Å². The molecule has 0 spiro atoms. The summed E-state index contributed by atoms with van der Waals surface area (Å²) in [5.41, 5.74) is 1.22. The van der Waals surface area contributed by atoms with Gasteiger partial charge in [-0.05, 0) is 18.6 Å². The second kappa shape index (κ2) is 3.64. The highest BCUT2D eigenvalue weighted by atomic mass is 35.5. The molecule has 0 aromatic heterocycles.